The summed E-state index contributed by atoms with van der Waals surface area (Å²) in [5, 5.41) is 0. The third-order valence-electron chi connectivity index (χ3n) is 5.26. The molecule has 4 rings (SSSR count). The zero-order valence-corrected chi connectivity index (χ0v) is 18.3. The number of allylic oxidation sites excluding steroid dienone is 1. The largest absolute Gasteiger partial charge is 0.497 e. The van der Waals surface area contributed by atoms with E-state index in [0.717, 1.165) is 74.4 Å². The van der Waals surface area contributed by atoms with E-state index >= 15 is 0 Å². The fourth-order valence-electron chi connectivity index (χ4n) is 3.55. The molecule has 0 radical (unpaired) electrons. The van der Waals surface area contributed by atoms with E-state index in [9.17, 15) is 0 Å². The van der Waals surface area contributed by atoms with Gasteiger partial charge >= 0.3 is 0 Å². The van der Waals surface area contributed by atoms with Crippen LogP contribution in [0.3, 0.4) is 0 Å². The highest BCUT2D eigenvalue weighted by Gasteiger charge is 2.16. The summed E-state index contributed by atoms with van der Waals surface area (Å²) in [7, 11) is 1.68. The maximum absolute atomic E-state index is 6.22. The predicted octanol–water partition coefficient (Wildman–Crippen LogP) is 4.15. The molecule has 2 aliphatic rings. The second kappa shape index (κ2) is 10.8. The third kappa shape index (κ3) is 5.72. The summed E-state index contributed by atoms with van der Waals surface area (Å²) >= 11 is 1.85. The Balaban J connectivity index is 1.43. The van der Waals surface area contributed by atoms with Gasteiger partial charge < -0.3 is 18.9 Å². The van der Waals surface area contributed by atoms with Gasteiger partial charge in [-0.3, -0.25) is 4.90 Å². The van der Waals surface area contributed by atoms with Crippen molar-refractivity contribution in [1.82, 2.24) is 4.90 Å². The van der Waals surface area contributed by atoms with Gasteiger partial charge in [-0.05, 0) is 35.7 Å². The monoisotopic (exact) mass is 427 g/mol. The Labute approximate surface area is 183 Å². The van der Waals surface area contributed by atoms with E-state index in [0.29, 0.717) is 6.61 Å². The summed E-state index contributed by atoms with van der Waals surface area (Å²) in [5.74, 6) is 3.72. The standard InChI is InChI=1S/C24H29NO4S/c1-26-21-7-5-19(6-8-21)3-2-4-20-17-24-23(29-15-16-30-24)18-22(20)28-14-11-25-9-12-27-13-10-25/h2-3,5-8,17-18H,4,9-16H2,1H3. The van der Waals surface area contributed by atoms with Crippen molar-refractivity contribution in [1.29, 1.82) is 0 Å². The van der Waals surface area contributed by atoms with Gasteiger partial charge in [0, 0.05) is 31.5 Å². The Kier molecular flexibility index (Phi) is 7.56. The van der Waals surface area contributed by atoms with Crippen molar-refractivity contribution in [3.05, 3.63) is 53.6 Å². The minimum absolute atomic E-state index is 0.668. The van der Waals surface area contributed by atoms with Crippen LogP contribution in [0.15, 0.2) is 47.4 Å². The first-order chi connectivity index (χ1) is 14.8. The molecule has 0 spiro atoms. The Morgan fingerprint density at radius 3 is 2.73 bits per heavy atom. The fraction of sp³-hybridized carbons (Fsp3) is 0.417. The summed E-state index contributed by atoms with van der Waals surface area (Å²) in [5.41, 5.74) is 2.35. The molecule has 0 atom stereocenters. The molecule has 2 aromatic rings. The lowest BCUT2D eigenvalue weighted by Gasteiger charge is -2.26. The Morgan fingerprint density at radius 2 is 1.93 bits per heavy atom. The van der Waals surface area contributed by atoms with E-state index in [1.165, 1.54) is 10.5 Å². The van der Waals surface area contributed by atoms with Crippen LogP contribution in [0.1, 0.15) is 11.1 Å². The van der Waals surface area contributed by atoms with Gasteiger partial charge in [-0.25, -0.2) is 0 Å². The lowest BCUT2D eigenvalue weighted by Crippen LogP contribution is -2.38. The zero-order valence-electron chi connectivity index (χ0n) is 17.5. The lowest BCUT2D eigenvalue weighted by atomic mass is 10.1. The van der Waals surface area contributed by atoms with Crippen molar-refractivity contribution in [2.75, 3.05) is 58.9 Å². The predicted molar refractivity (Wildman–Crippen MR) is 121 cm³/mol. The number of methoxy groups -OCH3 is 1. The van der Waals surface area contributed by atoms with Gasteiger partial charge in [0.1, 0.15) is 23.9 Å². The minimum Gasteiger partial charge on any atom is -0.497 e. The summed E-state index contributed by atoms with van der Waals surface area (Å²) in [6, 6.07) is 12.4. The summed E-state index contributed by atoms with van der Waals surface area (Å²) in [6.45, 7) is 5.91. The quantitative estimate of drug-likeness (QED) is 0.630. The average Bonchev–Trinajstić information content (AvgIpc) is 2.80. The second-order valence-corrected chi connectivity index (χ2v) is 8.42. The highest BCUT2D eigenvalue weighted by Crippen LogP contribution is 2.38. The molecule has 0 aliphatic carbocycles. The Hall–Kier alpha value is -2.15. The molecule has 30 heavy (non-hydrogen) atoms. The molecule has 0 N–H and O–H groups in total. The maximum Gasteiger partial charge on any atom is 0.136 e. The molecule has 2 heterocycles. The van der Waals surface area contributed by atoms with Gasteiger partial charge in [0.2, 0.25) is 0 Å². The van der Waals surface area contributed by atoms with Crippen LogP contribution in [-0.4, -0.2) is 63.8 Å². The number of hydrogen-bond acceptors (Lipinski definition) is 6. The van der Waals surface area contributed by atoms with Crippen LogP contribution < -0.4 is 14.2 Å². The average molecular weight is 428 g/mol. The van der Waals surface area contributed by atoms with Crippen molar-refractivity contribution < 1.29 is 18.9 Å². The number of rotatable bonds is 8. The molecule has 0 saturated carbocycles. The number of fused-ring (bicyclic) bond motifs is 1. The summed E-state index contributed by atoms with van der Waals surface area (Å²) < 4.78 is 22.7. The number of morpholine rings is 1. The van der Waals surface area contributed by atoms with Crippen molar-refractivity contribution in [3.63, 3.8) is 0 Å². The molecule has 0 unspecified atom stereocenters. The van der Waals surface area contributed by atoms with E-state index < -0.39 is 0 Å². The molecule has 160 valence electrons. The summed E-state index contributed by atoms with van der Waals surface area (Å²) in [6.07, 6.45) is 5.14. The van der Waals surface area contributed by atoms with Gasteiger partial charge in [0.15, 0.2) is 0 Å². The third-order valence-corrected chi connectivity index (χ3v) is 6.26. The van der Waals surface area contributed by atoms with Crippen LogP contribution in [0, 0.1) is 0 Å². The van der Waals surface area contributed by atoms with E-state index in [1.54, 1.807) is 7.11 Å². The molecular formula is C24H29NO4S. The highest BCUT2D eigenvalue weighted by molar-refractivity contribution is 7.99. The smallest absolute Gasteiger partial charge is 0.136 e. The van der Waals surface area contributed by atoms with Gasteiger partial charge in [0.05, 0.1) is 31.8 Å². The maximum atomic E-state index is 6.22. The number of nitrogens with zero attached hydrogens (tertiary/aromatic N) is 1. The molecule has 6 heteroatoms. The lowest BCUT2D eigenvalue weighted by molar-refractivity contribution is 0.0322. The van der Waals surface area contributed by atoms with Crippen LogP contribution in [0.2, 0.25) is 0 Å². The van der Waals surface area contributed by atoms with E-state index in [2.05, 4.69) is 41.3 Å². The molecule has 0 amide bonds. The molecule has 0 bridgehead atoms. The van der Waals surface area contributed by atoms with Gasteiger partial charge in [-0.15, -0.1) is 11.8 Å². The molecule has 2 aliphatic heterocycles. The van der Waals surface area contributed by atoms with Gasteiger partial charge in [-0.1, -0.05) is 24.3 Å². The van der Waals surface area contributed by atoms with Crippen LogP contribution in [0.4, 0.5) is 0 Å². The minimum atomic E-state index is 0.668. The normalized spacial score (nSPS) is 16.8. The molecule has 0 aromatic heterocycles. The number of ether oxygens (including phenoxy) is 4. The number of thioether (sulfide) groups is 1. The van der Waals surface area contributed by atoms with Crippen LogP contribution in [0.5, 0.6) is 17.2 Å². The summed E-state index contributed by atoms with van der Waals surface area (Å²) in [4.78, 5) is 3.59. The molecule has 1 saturated heterocycles. The first kappa shape index (κ1) is 21.1. The number of benzene rings is 2. The first-order valence-corrected chi connectivity index (χ1v) is 11.5. The molecule has 2 aromatic carbocycles. The van der Waals surface area contributed by atoms with Crippen LogP contribution in [0.25, 0.3) is 6.08 Å². The van der Waals surface area contributed by atoms with Crippen molar-refractivity contribution >= 4 is 17.8 Å². The van der Waals surface area contributed by atoms with E-state index in [4.69, 9.17) is 18.9 Å². The number of hydrogen-bond donors (Lipinski definition) is 0. The topological polar surface area (TPSA) is 40.2 Å². The molecule has 1 fully saturated rings. The van der Waals surface area contributed by atoms with Gasteiger partial charge in [-0.2, -0.15) is 0 Å². The van der Waals surface area contributed by atoms with Gasteiger partial charge in [0.25, 0.3) is 0 Å². The van der Waals surface area contributed by atoms with Crippen LogP contribution >= 0.6 is 11.8 Å². The zero-order chi connectivity index (χ0) is 20.6. The Morgan fingerprint density at radius 1 is 1.10 bits per heavy atom. The molecular weight excluding hydrogens is 398 g/mol. The van der Waals surface area contributed by atoms with Crippen molar-refractivity contribution in [2.45, 2.75) is 11.3 Å². The van der Waals surface area contributed by atoms with Crippen molar-refractivity contribution in [2.24, 2.45) is 0 Å². The SMILES string of the molecule is COc1ccc(C=CCc2cc3c(cc2OCCN2CCOCC2)OCCS3)cc1. The second-order valence-electron chi connectivity index (χ2n) is 7.29. The molecule has 5 nitrogen and oxygen atoms in total. The van der Waals surface area contributed by atoms with Crippen LogP contribution in [-0.2, 0) is 11.2 Å². The van der Waals surface area contributed by atoms with E-state index in [-0.39, 0.29) is 0 Å². The highest BCUT2D eigenvalue weighted by atomic mass is 32.2. The first-order valence-electron chi connectivity index (χ1n) is 10.5. The van der Waals surface area contributed by atoms with Crippen molar-refractivity contribution in [3.8, 4) is 17.2 Å². The Bertz CT molecular complexity index is 847. The fourth-order valence-corrected chi connectivity index (χ4v) is 4.42. The van der Waals surface area contributed by atoms with E-state index in [1.807, 2.05) is 23.9 Å².